The molecule has 2 amide bonds. The monoisotopic (exact) mass is 441 g/mol. The molecule has 0 spiro atoms. The van der Waals surface area contributed by atoms with Crippen LogP contribution in [0.1, 0.15) is 12.7 Å². The molecule has 2 N–H and O–H groups in total. The van der Waals surface area contributed by atoms with E-state index in [0.717, 1.165) is 0 Å². The fraction of sp³-hybridized carbons (Fsp3) is 0.238. The second kappa shape index (κ2) is 10.5. The molecule has 9 nitrogen and oxygen atoms in total. The van der Waals surface area contributed by atoms with Gasteiger partial charge in [0, 0.05) is 31.4 Å². The van der Waals surface area contributed by atoms with E-state index in [0.29, 0.717) is 33.9 Å². The molecular weight excluding hydrogens is 418 g/mol. The molecule has 3 aromatic rings. The Kier molecular flexibility index (Phi) is 7.50. The van der Waals surface area contributed by atoms with Gasteiger partial charge < -0.3 is 24.7 Å². The Morgan fingerprint density at radius 2 is 1.71 bits per heavy atom. The highest BCUT2D eigenvalue weighted by molar-refractivity contribution is 7.99. The van der Waals surface area contributed by atoms with Crippen LogP contribution in [0.4, 0.5) is 11.4 Å². The first-order valence-electron chi connectivity index (χ1n) is 9.40. The van der Waals surface area contributed by atoms with Gasteiger partial charge in [0.25, 0.3) is 0 Å². The molecule has 0 unspecified atom stereocenters. The van der Waals surface area contributed by atoms with Gasteiger partial charge in [-0.05, 0) is 36.4 Å². The number of amides is 2. The molecule has 3 rings (SSSR count). The van der Waals surface area contributed by atoms with E-state index in [1.165, 1.54) is 18.7 Å². The third-order valence-corrected chi connectivity index (χ3v) is 5.18. The standard InChI is InChI=1S/C21H23N5O4S/c1-14(27)22-15-7-9-16(10-8-15)23-20(28)13-31-21-25-24-19(26(21)2)12-30-18-6-4-5-17(11-18)29-3/h4-11H,12-13H2,1-3H3,(H,22,27)(H,23,28). The summed E-state index contributed by atoms with van der Waals surface area (Å²) in [5.41, 5.74) is 1.31. The van der Waals surface area contributed by atoms with Crippen LogP contribution in [0.2, 0.25) is 0 Å². The molecule has 0 aliphatic heterocycles. The summed E-state index contributed by atoms with van der Waals surface area (Å²) >= 11 is 1.28. The number of ether oxygens (including phenoxy) is 2. The molecular formula is C21H23N5O4S. The van der Waals surface area contributed by atoms with E-state index in [1.807, 2.05) is 25.2 Å². The number of carbonyl (C=O) groups excluding carboxylic acids is 2. The predicted octanol–water partition coefficient (Wildman–Crippen LogP) is 3.09. The Balaban J connectivity index is 1.49. The lowest BCUT2D eigenvalue weighted by atomic mass is 10.3. The van der Waals surface area contributed by atoms with Crippen molar-refractivity contribution in [1.29, 1.82) is 0 Å². The fourth-order valence-electron chi connectivity index (χ4n) is 2.60. The molecule has 0 fully saturated rings. The number of nitrogens with zero attached hydrogens (tertiary/aromatic N) is 3. The minimum atomic E-state index is -0.172. The number of rotatable bonds is 9. The fourth-order valence-corrected chi connectivity index (χ4v) is 3.33. The van der Waals surface area contributed by atoms with Crippen molar-refractivity contribution in [2.45, 2.75) is 18.7 Å². The summed E-state index contributed by atoms with van der Waals surface area (Å²) in [7, 11) is 3.42. The van der Waals surface area contributed by atoms with Crippen LogP contribution in [-0.4, -0.2) is 39.4 Å². The van der Waals surface area contributed by atoms with Crippen LogP contribution in [0.25, 0.3) is 0 Å². The molecule has 1 heterocycles. The maximum atomic E-state index is 12.2. The van der Waals surface area contributed by atoms with Crippen LogP contribution < -0.4 is 20.1 Å². The zero-order valence-corrected chi connectivity index (χ0v) is 18.2. The van der Waals surface area contributed by atoms with E-state index >= 15 is 0 Å². The van der Waals surface area contributed by atoms with Crippen LogP contribution in [0.5, 0.6) is 11.5 Å². The molecule has 31 heavy (non-hydrogen) atoms. The number of anilines is 2. The molecule has 0 aliphatic rings. The third-order valence-electron chi connectivity index (χ3n) is 4.16. The van der Waals surface area contributed by atoms with Gasteiger partial charge in [-0.25, -0.2) is 0 Å². The summed E-state index contributed by atoms with van der Waals surface area (Å²) in [6.45, 7) is 1.68. The Bertz CT molecular complexity index is 1050. The van der Waals surface area contributed by atoms with E-state index in [1.54, 1.807) is 42.0 Å². The lowest BCUT2D eigenvalue weighted by Crippen LogP contribution is -2.14. The van der Waals surface area contributed by atoms with Gasteiger partial charge in [0.2, 0.25) is 11.8 Å². The van der Waals surface area contributed by atoms with Crippen molar-refractivity contribution in [2.75, 3.05) is 23.5 Å². The maximum Gasteiger partial charge on any atom is 0.234 e. The van der Waals surface area contributed by atoms with E-state index in [2.05, 4.69) is 20.8 Å². The van der Waals surface area contributed by atoms with Gasteiger partial charge in [-0.1, -0.05) is 17.8 Å². The number of nitrogens with one attached hydrogen (secondary N) is 2. The Labute approximate surface area is 184 Å². The smallest absolute Gasteiger partial charge is 0.234 e. The van der Waals surface area contributed by atoms with Crippen molar-refractivity contribution in [1.82, 2.24) is 14.8 Å². The Hall–Kier alpha value is -3.53. The summed E-state index contributed by atoms with van der Waals surface area (Å²) in [5.74, 6) is 1.87. The number of benzene rings is 2. The van der Waals surface area contributed by atoms with E-state index in [9.17, 15) is 9.59 Å². The van der Waals surface area contributed by atoms with Crippen molar-refractivity contribution in [3.05, 3.63) is 54.4 Å². The maximum absolute atomic E-state index is 12.2. The van der Waals surface area contributed by atoms with Crippen LogP contribution in [-0.2, 0) is 23.2 Å². The normalized spacial score (nSPS) is 10.4. The summed E-state index contributed by atoms with van der Waals surface area (Å²) in [6.07, 6.45) is 0. The number of aromatic nitrogens is 3. The summed E-state index contributed by atoms with van der Waals surface area (Å²) in [6, 6.07) is 14.2. The van der Waals surface area contributed by atoms with Gasteiger partial charge in [-0.2, -0.15) is 0 Å². The number of carbonyl (C=O) groups is 2. The first-order valence-corrected chi connectivity index (χ1v) is 10.4. The summed E-state index contributed by atoms with van der Waals surface area (Å²) < 4.78 is 12.7. The number of methoxy groups -OCH3 is 1. The van der Waals surface area contributed by atoms with Crippen molar-refractivity contribution < 1.29 is 19.1 Å². The van der Waals surface area contributed by atoms with Gasteiger partial charge in [-0.15, -0.1) is 10.2 Å². The van der Waals surface area contributed by atoms with Crippen molar-refractivity contribution >= 4 is 35.0 Å². The quantitative estimate of drug-likeness (QED) is 0.491. The molecule has 0 bridgehead atoms. The van der Waals surface area contributed by atoms with Crippen LogP contribution in [0, 0.1) is 0 Å². The second-order valence-electron chi connectivity index (χ2n) is 6.52. The van der Waals surface area contributed by atoms with Crippen LogP contribution in [0.3, 0.4) is 0 Å². The van der Waals surface area contributed by atoms with E-state index in [-0.39, 0.29) is 24.2 Å². The highest BCUT2D eigenvalue weighted by Crippen LogP contribution is 2.21. The lowest BCUT2D eigenvalue weighted by Gasteiger charge is -2.08. The Morgan fingerprint density at radius 1 is 1.03 bits per heavy atom. The van der Waals surface area contributed by atoms with Gasteiger partial charge >= 0.3 is 0 Å². The molecule has 2 aromatic carbocycles. The zero-order chi connectivity index (χ0) is 22.2. The molecule has 10 heteroatoms. The van der Waals surface area contributed by atoms with E-state index < -0.39 is 0 Å². The van der Waals surface area contributed by atoms with Crippen molar-refractivity contribution in [2.24, 2.45) is 7.05 Å². The zero-order valence-electron chi connectivity index (χ0n) is 17.4. The van der Waals surface area contributed by atoms with Gasteiger partial charge in [0.05, 0.1) is 12.9 Å². The van der Waals surface area contributed by atoms with Crippen molar-refractivity contribution in [3.8, 4) is 11.5 Å². The molecule has 0 radical (unpaired) electrons. The highest BCUT2D eigenvalue weighted by Gasteiger charge is 2.12. The lowest BCUT2D eigenvalue weighted by molar-refractivity contribution is -0.114. The highest BCUT2D eigenvalue weighted by atomic mass is 32.2. The van der Waals surface area contributed by atoms with E-state index in [4.69, 9.17) is 9.47 Å². The minimum absolute atomic E-state index is 0.148. The first kappa shape index (κ1) is 22.2. The molecule has 162 valence electrons. The number of thioether (sulfide) groups is 1. The largest absolute Gasteiger partial charge is 0.497 e. The van der Waals surface area contributed by atoms with Gasteiger partial charge in [0.1, 0.15) is 18.1 Å². The number of hydrogen-bond acceptors (Lipinski definition) is 7. The Morgan fingerprint density at radius 3 is 2.39 bits per heavy atom. The minimum Gasteiger partial charge on any atom is -0.497 e. The van der Waals surface area contributed by atoms with Crippen molar-refractivity contribution in [3.63, 3.8) is 0 Å². The van der Waals surface area contributed by atoms with Crippen LogP contribution >= 0.6 is 11.8 Å². The van der Waals surface area contributed by atoms with Gasteiger partial charge in [-0.3, -0.25) is 9.59 Å². The topological polar surface area (TPSA) is 107 Å². The first-order chi connectivity index (χ1) is 14.9. The molecule has 0 aliphatic carbocycles. The third kappa shape index (κ3) is 6.48. The summed E-state index contributed by atoms with van der Waals surface area (Å²) in [5, 5.41) is 14.4. The average molecular weight is 442 g/mol. The molecule has 0 atom stereocenters. The summed E-state index contributed by atoms with van der Waals surface area (Å²) in [4.78, 5) is 23.3. The average Bonchev–Trinajstić information content (AvgIpc) is 3.11. The molecule has 0 saturated carbocycles. The van der Waals surface area contributed by atoms with Gasteiger partial charge in [0.15, 0.2) is 11.0 Å². The molecule has 0 saturated heterocycles. The SMILES string of the molecule is COc1cccc(OCc2nnc(SCC(=O)Nc3ccc(NC(C)=O)cc3)n2C)c1. The number of hydrogen-bond donors (Lipinski definition) is 2. The molecule has 1 aromatic heterocycles. The second-order valence-corrected chi connectivity index (χ2v) is 7.46. The predicted molar refractivity (Wildman–Crippen MR) is 118 cm³/mol. The van der Waals surface area contributed by atoms with Crippen LogP contribution in [0.15, 0.2) is 53.7 Å².